The molecule has 0 fully saturated rings. The summed E-state index contributed by atoms with van der Waals surface area (Å²) in [5.74, 6) is 0. The van der Waals surface area contributed by atoms with Crippen molar-refractivity contribution in [3.05, 3.63) is 12.2 Å². The minimum absolute atomic E-state index is 0.0914. The lowest BCUT2D eigenvalue weighted by atomic mass is 10.1. The SMILES string of the molecule is CCCCCCCC/C=C\CCCCCCCCCC[NH+](C)C.CCOS(=O)(=O)[O-]. The standard InChI is InChI=1S/C22H45N.C2H6O4S/c1-4-5-6-7-8-9-10-11-12-13-14-15-16-17-18-19-20-21-22-23(2)3;1-2-6-7(3,4)5/h11-12H,4-10,13-22H2,1-3H3;2H2,1H3,(H,3,4,5)/b12-11-;. The van der Waals surface area contributed by atoms with E-state index in [1.54, 1.807) is 4.90 Å². The van der Waals surface area contributed by atoms with E-state index in [1.807, 2.05) is 0 Å². The molecule has 0 rings (SSSR count). The molecule has 1 N–H and O–H groups in total. The van der Waals surface area contributed by atoms with Crippen LogP contribution in [0.1, 0.15) is 117 Å². The smallest absolute Gasteiger partial charge is 0.217 e. The van der Waals surface area contributed by atoms with Crippen LogP contribution in [-0.2, 0) is 14.6 Å². The summed E-state index contributed by atoms with van der Waals surface area (Å²) in [5.41, 5.74) is 0. The summed E-state index contributed by atoms with van der Waals surface area (Å²) >= 11 is 0. The Morgan fingerprint density at radius 1 is 0.700 bits per heavy atom. The second kappa shape index (κ2) is 24.8. The van der Waals surface area contributed by atoms with Gasteiger partial charge in [0.25, 0.3) is 0 Å². The molecule has 0 spiro atoms. The lowest BCUT2D eigenvalue weighted by Gasteiger charge is -2.06. The largest absolute Gasteiger partial charge is 0.726 e. The number of hydrogen-bond donors (Lipinski definition) is 1. The molecule has 0 unspecified atom stereocenters. The van der Waals surface area contributed by atoms with Crippen molar-refractivity contribution in [2.45, 2.75) is 117 Å². The number of unbranched alkanes of at least 4 members (excludes halogenated alkanes) is 14. The predicted octanol–water partition coefficient (Wildman–Crippen LogP) is 5.43. The Labute approximate surface area is 188 Å². The highest BCUT2D eigenvalue weighted by Crippen LogP contribution is 2.10. The van der Waals surface area contributed by atoms with E-state index >= 15 is 0 Å². The molecule has 0 aromatic carbocycles. The van der Waals surface area contributed by atoms with Gasteiger partial charge in [-0.05, 0) is 45.4 Å². The summed E-state index contributed by atoms with van der Waals surface area (Å²) in [4.78, 5) is 1.59. The zero-order valence-electron chi connectivity index (χ0n) is 20.4. The average Bonchev–Trinajstić information content (AvgIpc) is 2.66. The molecule has 0 bridgehead atoms. The van der Waals surface area contributed by atoms with Gasteiger partial charge in [0.1, 0.15) is 0 Å². The molecule has 0 radical (unpaired) electrons. The van der Waals surface area contributed by atoms with Gasteiger partial charge in [-0.3, -0.25) is 4.18 Å². The lowest BCUT2D eigenvalue weighted by Crippen LogP contribution is -3.05. The Morgan fingerprint density at radius 2 is 1.10 bits per heavy atom. The van der Waals surface area contributed by atoms with Gasteiger partial charge < -0.3 is 9.45 Å². The molecule has 0 aliphatic heterocycles. The van der Waals surface area contributed by atoms with Gasteiger partial charge in [-0.2, -0.15) is 0 Å². The maximum atomic E-state index is 9.45. The summed E-state index contributed by atoms with van der Waals surface area (Å²) in [7, 11) is 0.0799. The second-order valence-electron chi connectivity index (χ2n) is 8.42. The molecule has 5 nitrogen and oxygen atoms in total. The van der Waals surface area contributed by atoms with Crippen molar-refractivity contribution in [1.29, 1.82) is 0 Å². The van der Waals surface area contributed by atoms with Crippen LogP contribution in [0.4, 0.5) is 0 Å². The van der Waals surface area contributed by atoms with Crippen molar-refractivity contribution in [3.63, 3.8) is 0 Å². The van der Waals surface area contributed by atoms with E-state index in [1.165, 1.54) is 116 Å². The molecule has 0 aromatic rings. The molecule has 30 heavy (non-hydrogen) atoms. The number of hydrogen-bond acceptors (Lipinski definition) is 4. The van der Waals surface area contributed by atoms with Crippen LogP contribution in [0.15, 0.2) is 12.2 Å². The minimum atomic E-state index is -4.42. The Kier molecular flexibility index (Phi) is 26.3. The molecular weight excluding hydrogens is 398 g/mol. The molecular formula is C24H51NO4S. The Bertz CT molecular complexity index is 450. The molecule has 0 amide bonds. The third kappa shape index (κ3) is 35.0. The van der Waals surface area contributed by atoms with Crippen molar-refractivity contribution in [2.75, 3.05) is 27.2 Å². The first-order chi connectivity index (χ1) is 14.3. The molecule has 182 valence electrons. The Hall–Kier alpha value is -0.430. The number of nitrogens with one attached hydrogen (secondary N) is 1. The molecule has 0 atom stereocenters. The first-order valence-electron chi connectivity index (χ1n) is 12.4. The molecule has 0 aliphatic rings. The van der Waals surface area contributed by atoms with Crippen molar-refractivity contribution < 1.29 is 22.1 Å². The highest BCUT2D eigenvalue weighted by atomic mass is 32.3. The van der Waals surface area contributed by atoms with Crippen LogP contribution < -0.4 is 4.90 Å². The minimum Gasteiger partial charge on any atom is -0.726 e. The summed E-state index contributed by atoms with van der Waals surface area (Å²) < 4.78 is 32.0. The van der Waals surface area contributed by atoms with Crippen LogP contribution in [-0.4, -0.2) is 40.2 Å². The first kappa shape index (κ1) is 31.8. The summed E-state index contributed by atoms with van der Waals surface area (Å²) in [6.07, 6.45) is 27.4. The van der Waals surface area contributed by atoms with E-state index in [4.69, 9.17) is 0 Å². The zero-order chi connectivity index (χ0) is 22.9. The monoisotopic (exact) mass is 449 g/mol. The van der Waals surface area contributed by atoms with Crippen LogP contribution in [0.25, 0.3) is 0 Å². The fourth-order valence-electron chi connectivity index (χ4n) is 3.22. The second-order valence-corrected chi connectivity index (χ2v) is 9.47. The van der Waals surface area contributed by atoms with Gasteiger partial charge in [0.2, 0.25) is 10.4 Å². The third-order valence-corrected chi connectivity index (χ3v) is 5.48. The van der Waals surface area contributed by atoms with Crippen molar-refractivity contribution in [2.24, 2.45) is 0 Å². The highest BCUT2D eigenvalue weighted by Gasteiger charge is 1.95. The first-order valence-corrected chi connectivity index (χ1v) is 13.7. The van der Waals surface area contributed by atoms with Crippen molar-refractivity contribution in [1.82, 2.24) is 0 Å². The average molecular weight is 450 g/mol. The van der Waals surface area contributed by atoms with Gasteiger partial charge in [0.05, 0.1) is 27.2 Å². The number of quaternary nitrogens is 1. The molecule has 0 saturated heterocycles. The Morgan fingerprint density at radius 3 is 1.43 bits per heavy atom. The Balaban J connectivity index is 0. The number of rotatable bonds is 20. The van der Waals surface area contributed by atoms with Gasteiger partial charge in [-0.1, -0.05) is 83.3 Å². The van der Waals surface area contributed by atoms with Gasteiger partial charge in [-0.25, -0.2) is 8.42 Å². The summed E-state index contributed by atoms with van der Waals surface area (Å²) in [6.45, 7) is 4.96. The van der Waals surface area contributed by atoms with E-state index in [0.717, 1.165) is 0 Å². The van der Waals surface area contributed by atoms with Crippen LogP contribution >= 0.6 is 0 Å². The normalized spacial score (nSPS) is 11.8. The van der Waals surface area contributed by atoms with Crippen LogP contribution in [0, 0.1) is 0 Å². The van der Waals surface area contributed by atoms with Gasteiger partial charge in [-0.15, -0.1) is 0 Å². The van der Waals surface area contributed by atoms with E-state index in [9.17, 15) is 13.0 Å². The topological polar surface area (TPSA) is 70.9 Å². The zero-order valence-corrected chi connectivity index (χ0v) is 21.2. The molecule has 6 heteroatoms. The van der Waals surface area contributed by atoms with E-state index in [0.29, 0.717) is 0 Å². The summed E-state index contributed by atoms with van der Waals surface area (Å²) in [6, 6.07) is 0. The van der Waals surface area contributed by atoms with Crippen LogP contribution in [0.5, 0.6) is 0 Å². The van der Waals surface area contributed by atoms with Crippen LogP contribution in [0.3, 0.4) is 0 Å². The van der Waals surface area contributed by atoms with Gasteiger partial charge in [0.15, 0.2) is 0 Å². The van der Waals surface area contributed by atoms with E-state index in [2.05, 4.69) is 37.4 Å². The predicted molar refractivity (Wildman–Crippen MR) is 128 cm³/mol. The lowest BCUT2D eigenvalue weighted by molar-refractivity contribution is -0.858. The molecule has 0 aliphatic carbocycles. The van der Waals surface area contributed by atoms with Crippen molar-refractivity contribution >= 4 is 10.4 Å². The van der Waals surface area contributed by atoms with E-state index in [-0.39, 0.29) is 6.61 Å². The quantitative estimate of drug-likeness (QED) is 0.116. The number of allylic oxidation sites excluding steroid dienone is 2. The fourth-order valence-corrected chi connectivity index (χ4v) is 3.51. The molecule has 0 saturated carbocycles. The molecule has 0 aromatic heterocycles. The highest BCUT2D eigenvalue weighted by molar-refractivity contribution is 7.80. The summed E-state index contributed by atoms with van der Waals surface area (Å²) in [5, 5.41) is 0. The fraction of sp³-hybridized carbons (Fsp3) is 0.917. The molecule has 0 heterocycles. The van der Waals surface area contributed by atoms with Crippen molar-refractivity contribution in [3.8, 4) is 0 Å². The third-order valence-electron chi connectivity index (χ3n) is 4.95. The van der Waals surface area contributed by atoms with Gasteiger partial charge in [0, 0.05) is 0 Å². The van der Waals surface area contributed by atoms with Gasteiger partial charge >= 0.3 is 0 Å². The maximum absolute atomic E-state index is 9.45. The maximum Gasteiger partial charge on any atom is 0.217 e. The van der Waals surface area contributed by atoms with E-state index < -0.39 is 10.4 Å². The van der Waals surface area contributed by atoms with Crippen LogP contribution in [0.2, 0.25) is 0 Å².